The Labute approximate surface area is 132 Å². The molecule has 1 fully saturated rings. The normalized spacial score (nSPS) is 17.9. The van der Waals surface area contributed by atoms with Gasteiger partial charge >= 0.3 is 0 Å². The van der Waals surface area contributed by atoms with Crippen LogP contribution in [0, 0.1) is 0 Å². The van der Waals surface area contributed by atoms with E-state index in [1.165, 1.54) is 0 Å². The highest BCUT2D eigenvalue weighted by Crippen LogP contribution is 2.27. The van der Waals surface area contributed by atoms with Crippen LogP contribution in [-0.4, -0.2) is 48.0 Å². The van der Waals surface area contributed by atoms with E-state index in [2.05, 4.69) is 15.7 Å². The minimum absolute atomic E-state index is 0. The standard InChI is InChI=1S/C14H24N4O2.ClH/c1-13(2,20-3)11-16-12(19)14(5-8-15-9-6-14)18-10-4-7-17-18;/h4,7,10,15H,5-6,8-9,11H2,1-3H3,(H,16,19);1H. The molecule has 1 saturated heterocycles. The Kier molecular flexibility index (Phi) is 6.19. The average molecular weight is 317 g/mol. The van der Waals surface area contributed by atoms with Crippen LogP contribution in [0.15, 0.2) is 18.5 Å². The summed E-state index contributed by atoms with van der Waals surface area (Å²) in [7, 11) is 1.65. The fraction of sp³-hybridized carbons (Fsp3) is 0.714. The van der Waals surface area contributed by atoms with Crippen LogP contribution in [0.1, 0.15) is 26.7 Å². The molecule has 0 atom stereocenters. The molecule has 0 unspecified atom stereocenters. The lowest BCUT2D eigenvalue weighted by atomic mass is 9.87. The number of amides is 1. The zero-order valence-electron chi connectivity index (χ0n) is 12.9. The van der Waals surface area contributed by atoms with Gasteiger partial charge in [0.05, 0.1) is 5.60 Å². The second-order valence-corrected chi connectivity index (χ2v) is 5.88. The molecule has 2 heterocycles. The van der Waals surface area contributed by atoms with Crippen molar-refractivity contribution in [2.24, 2.45) is 0 Å². The van der Waals surface area contributed by atoms with Gasteiger partial charge in [0, 0.05) is 26.0 Å². The molecule has 2 N–H and O–H groups in total. The molecule has 1 amide bonds. The van der Waals surface area contributed by atoms with E-state index in [4.69, 9.17) is 4.74 Å². The Hall–Kier alpha value is -1.11. The maximum atomic E-state index is 12.7. The van der Waals surface area contributed by atoms with Crippen molar-refractivity contribution in [3.05, 3.63) is 18.5 Å². The van der Waals surface area contributed by atoms with E-state index in [9.17, 15) is 4.79 Å². The summed E-state index contributed by atoms with van der Waals surface area (Å²) in [5.74, 6) is 0.0211. The number of aromatic nitrogens is 2. The SMILES string of the molecule is COC(C)(C)CNC(=O)C1(n2cccn2)CCNCC1.Cl. The predicted octanol–water partition coefficient (Wildman–Crippen LogP) is 0.925. The summed E-state index contributed by atoms with van der Waals surface area (Å²) in [5, 5.41) is 10.6. The molecule has 21 heavy (non-hydrogen) atoms. The molecule has 0 saturated carbocycles. The molecule has 1 aliphatic rings. The van der Waals surface area contributed by atoms with Crippen molar-refractivity contribution in [2.75, 3.05) is 26.7 Å². The molecular formula is C14H25ClN4O2. The summed E-state index contributed by atoms with van der Waals surface area (Å²) in [6.07, 6.45) is 5.07. The second-order valence-electron chi connectivity index (χ2n) is 5.88. The molecule has 1 aromatic heterocycles. The first-order chi connectivity index (χ1) is 9.50. The van der Waals surface area contributed by atoms with Crippen LogP contribution in [0.25, 0.3) is 0 Å². The summed E-state index contributed by atoms with van der Waals surface area (Å²) >= 11 is 0. The maximum absolute atomic E-state index is 12.7. The number of ether oxygens (including phenoxy) is 1. The third-order valence-corrected chi connectivity index (χ3v) is 4.02. The summed E-state index contributed by atoms with van der Waals surface area (Å²) in [4.78, 5) is 12.7. The third-order valence-electron chi connectivity index (χ3n) is 4.02. The average Bonchev–Trinajstić information content (AvgIpc) is 3.00. The van der Waals surface area contributed by atoms with Gasteiger partial charge in [0.2, 0.25) is 5.91 Å². The summed E-state index contributed by atoms with van der Waals surface area (Å²) < 4.78 is 7.14. The van der Waals surface area contributed by atoms with Gasteiger partial charge in [-0.05, 0) is 45.8 Å². The second kappa shape index (κ2) is 7.24. The van der Waals surface area contributed by atoms with Crippen LogP contribution in [-0.2, 0) is 15.1 Å². The van der Waals surface area contributed by atoms with Gasteiger partial charge in [-0.15, -0.1) is 12.4 Å². The third kappa shape index (κ3) is 3.96. The number of halogens is 1. The molecule has 0 aliphatic carbocycles. The number of nitrogens with zero attached hydrogens (tertiary/aromatic N) is 2. The van der Waals surface area contributed by atoms with E-state index in [1.807, 2.05) is 26.1 Å². The molecule has 0 radical (unpaired) electrons. The first-order valence-electron chi connectivity index (χ1n) is 7.04. The van der Waals surface area contributed by atoms with Gasteiger partial charge in [-0.3, -0.25) is 9.48 Å². The Morgan fingerprint density at radius 3 is 2.67 bits per heavy atom. The van der Waals surface area contributed by atoms with E-state index in [1.54, 1.807) is 18.0 Å². The Morgan fingerprint density at radius 1 is 1.48 bits per heavy atom. The van der Waals surface area contributed by atoms with E-state index < -0.39 is 5.54 Å². The van der Waals surface area contributed by atoms with Gasteiger partial charge in [0.25, 0.3) is 0 Å². The van der Waals surface area contributed by atoms with Gasteiger partial charge < -0.3 is 15.4 Å². The Bertz CT molecular complexity index is 442. The number of hydrogen-bond donors (Lipinski definition) is 2. The maximum Gasteiger partial charge on any atom is 0.248 e. The Morgan fingerprint density at radius 2 is 2.14 bits per heavy atom. The topological polar surface area (TPSA) is 68.2 Å². The van der Waals surface area contributed by atoms with Crippen LogP contribution in [0.3, 0.4) is 0 Å². The molecule has 6 nitrogen and oxygen atoms in total. The molecular weight excluding hydrogens is 292 g/mol. The largest absolute Gasteiger partial charge is 0.377 e. The van der Waals surface area contributed by atoms with Gasteiger partial charge in [0.15, 0.2) is 0 Å². The Balaban J connectivity index is 0.00000220. The highest BCUT2D eigenvalue weighted by Gasteiger charge is 2.42. The van der Waals surface area contributed by atoms with Gasteiger partial charge in [-0.2, -0.15) is 5.10 Å². The van der Waals surface area contributed by atoms with Crippen molar-refractivity contribution >= 4 is 18.3 Å². The zero-order chi connectivity index (χ0) is 14.6. The van der Waals surface area contributed by atoms with E-state index in [0.29, 0.717) is 6.54 Å². The molecule has 120 valence electrons. The van der Waals surface area contributed by atoms with Crippen LogP contribution in [0.5, 0.6) is 0 Å². The summed E-state index contributed by atoms with van der Waals surface area (Å²) in [5.41, 5.74) is -0.952. The number of hydrogen-bond acceptors (Lipinski definition) is 4. The minimum atomic E-state index is -0.585. The van der Waals surface area contributed by atoms with Gasteiger partial charge in [-0.25, -0.2) is 0 Å². The van der Waals surface area contributed by atoms with E-state index >= 15 is 0 Å². The molecule has 2 rings (SSSR count). The first kappa shape index (κ1) is 17.9. The van der Waals surface area contributed by atoms with Crippen LogP contribution in [0.4, 0.5) is 0 Å². The number of methoxy groups -OCH3 is 1. The fourth-order valence-electron chi connectivity index (χ4n) is 2.45. The van der Waals surface area contributed by atoms with Crippen molar-refractivity contribution in [2.45, 2.75) is 37.8 Å². The zero-order valence-corrected chi connectivity index (χ0v) is 13.7. The smallest absolute Gasteiger partial charge is 0.248 e. The summed E-state index contributed by atoms with van der Waals surface area (Å²) in [6, 6.07) is 1.86. The van der Waals surface area contributed by atoms with Gasteiger partial charge in [0.1, 0.15) is 5.54 Å². The highest BCUT2D eigenvalue weighted by molar-refractivity contribution is 5.85. The summed E-state index contributed by atoms with van der Waals surface area (Å²) in [6.45, 7) is 6.03. The molecule has 0 spiro atoms. The minimum Gasteiger partial charge on any atom is -0.377 e. The fourth-order valence-corrected chi connectivity index (χ4v) is 2.45. The number of nitrogens with one attached hydrogen (secondary N) is 2. The number of carbonyl (C=O) groups is 1. The van der Waals surface area contributed by atoms with Gasteiger partial charge in [-0.1, -0.05) is 0 Å². The lowest BCUT2D eigenvalue weighted by Crippen LogP contribution is -2.56. The van der Waals surface area contributed by atoms with Crippen LogP contribution < -0.4 is 10.6 Å². The van der Waals surface area contributed by atoms with Crippen molar-refractivity contribution < 1.29 is 9.53 Å². The lowest BCUT2D eigenvalue weighted by molar-refractivity contribution is -0.133. The van der Waals surface area contributed by atoms with E-state index in [-0.39, 0.29) is 23.9 Å². The molecule has 1 aliphatic heterocycles. The van der Waals surface area contributed by atoms with Crippen LogP contribution >= 0.6 is 12.4 Å². The number of carbonyl (C=O) groups excluding carboxylic acids is 1. The van der Waals surface area contributed by atoms with E-state index in [0.717, 1.165) is 25.9 Å². The van der Waals surface area contributed by atoms with Crippen molar-refractivity contribution in [3.8, 4) is 0 Å². The molecule has 7 heteroatoms. The molecule has 0 bridgehead atoms. The monoisotopic (exact) mass is 316 g/mol. The van der Waals surface area contributed by atoms with Crippen molar-refractivity contribution in [1.29, 1.82) is 0 Å². The number of piperidine rings is 1. The lowest BCUT2D eigenvalue weighted by Gasteiger charge is -2.37. The van der Waals surface area contributed by atoms with Crippen LogP contribution in [0.2, 0.25) is 0 Å². The first-order valence-corrected chi connectivity index (χ1v) is 7.04. The molecule has 0 aromatic carbocycles. The quantitative estimate of drug-likeness (QED) is 0.848. The van der Waals surface area contributed by atoms with Crippen molar-refractivity contribution in [3.63, 3.8) is 0 Å². The van der Waals surface area contributed by atoms with Crippen molar-refractivity contribution in [1.82, 2.24) is 20.4 Å². The highest BCUT2D eigenvalue weighted by atomic mass is 35.5. The predicted molar refractivity (Wildman–Crippen MR) is 83.7 cm³/mol. The number of rotatable bonds is 5. The molecule has 1 aromatic rings.